The molecule has 1 aromatic heterocycles. The minimum Gasteiger partial charge on any atom is -0.493 e. The lowest BCUT2D eigenvalue weighted by molar-refractivity contribution is 0.102. The Balaban J connectivity index is 1.53. The molecule has 0 aliphatic heterocycles. The summed E-state index contributed by atoms with van der Waals surface area (Å²) in [6.07, 6.45) is 0. The second-order valence-electron chi connectivity index (χ2n) is 6.82. The number of benzene rings is 3. The van der Waals surface area contributed by atoms with E-state index in [0.29, 0.717) is 38.7 Å². The Morgan fingerprint density at radius 1 is 0.971 bits per heavy atom. The van der Waals surface area contributed by atoms with E-state index in [9.17, 15) is 4.79 Å². The fraction of sp³-hybridized carbons (Fsp3) is 0.130. The van der Waals surface area contributed by atoms with Gasteiger partial charge < -0.3 is 19.5 Å². The summed E-state index contributed by atoms with van der Waals surface area (Å²) in [6.45, 7) is 0. The smallest absolute Gasteiger partial charge is 0.255 e. The van der Waals surface area contributed by atoms with E-state index in [-0.39, 0.29) is 5.91 Å². The molecule has 4 rings (SSSR count). The number of halogens is 1. The minimum atomic E-state index is -0.358. The van der Waals surface area contributed by atoms with Crippen molar-refractivity contribution in [2.75, 3.05) is 26.6 Å². The molecule has 0 aliphatic carbocycles. The van der Waals surface area contributed by atoms with Crippen LogP contribution in [0.3, 0.4) is 0 Å². The number of para-hydroxylation sites is 1. The summed E-state index contributed by atoms with van der Waals surface area (Å²) in [7, 11) is 4.48. The first-order chi connectivity index (χ1) is 16.5. The average molecular weight is 498 g/mol. The Kier molecular flexibility index (Phi) is 7.19. The second-order valence-corrected chi connectivity index (χ2v) is 8.24. The molecule has 1 amide bonds. The van der Waals surface area contributed by atoms with Crippen LogP contribution in [-0.2, 0) is 0 Å². The predicted octanol–water partition coefficient (Wildman–Crippen LogP) is 4.75. The Morgan fingerprint density at radius 3 is 2.29 bits per heavy atom. The van der Waals surface area contributed by atoms with E-state index >= 15 is 0 Å². The number of anilines is 1. The first-order valence-electron chi connectivity index (χ1n) is 9.96. The molecule has 0 radical (unpaired) electrons. The molecular formula is C23H20ClN5O4S. The molecule has 3 aromatic carbocycles. The van der Waals surface area contributed by atoms with Crippen molar-refractivity contribution in [3.63, 3.8) is 0 Å². The highest BCUT2D eigenvalue weighted by molar-refractivity contribution is 7.99. The van der Waals surface area contributed by atoms with E-state index in [0.717, 1.165) is 10.6 Å². The third-order valence-corrected chi connectivity index (χ3v) is 6.20. The molecular weight excluding hydrogens is 478 g/mol. The number of nitrogens with zero attached hydrogens (tertiary/aromatic N) is 4. The molecule has 11 heteroatoms. The maximum atomic E-state index is 12.9. The van der Waals surface area contributed by atoms with Crippen molar-refractivity contribution in [2.45, 2.75) is 10.1 Å². The van der Waals surface area contributed by atoms with Crippen LogP contribution >= 0.6 is 23.4 Å². The van der Waals surface area contributed by atoms with Gasteiger partial charge in [-0.05, 0) is 64.7 Å². The summed E-state index contributed by atoms with van der Waals surface area (Å²) in [5.41, 5.74) is 1.70. The fourth-order valence-corrected chi connectivity index (χ4v) is 4.24. The molecule has 174 valence electrons. The number of hydrogen-bond acceptors (Lipinski definition) is 8. The van der Waals surface area contributed by atoms with Gasteiger partial charge in [0.25, 0.3) is 5.91 Å². The molecule has 4 aromatic rings. The second kappa shape index (κ2) is 10.4. The number of amides is 1. The van der Waals surface area contributed by atoms with Crippen LogP contribution in [0.2, 0.25) is 5.02 Å². The van der Waals surface area contributed by atoms with Crippen LogP contribution in [0, 0.1) is 0 Å². The molecule has 0 atom stereocenters. The molecule has 0 spiro atoms. The molecule has 1 heterocycles. The van der Waals surface area contributed by atoms with Crippen molar-refractivity contribution in [1.82, 2.24) is 20.2 Å². The third-order valence-electron chi connectivity index (χ3n) is 4.76. The zero-order valence-electron chi connectivity index (χ0n) is 18.5. The van der Waals surface area contributed by atoms with Gasteiger partial charge in [0.1, 0.15) is 0 Å². The van der Waals surface area contributed by atoms with Gasteiger partial charge in [-0.1, -0.05) is 29.8 Å². The lowest BCUT2D eigenvalue weighted by Crippen LogP contribution is -2.12. The average Bonchev–Trinajstić information content (AvgIpc) is 3.33. The van der Waals surface area contributed by atoms with Gasteiger partial charge in [-0.25, -0.2) is 0 Å². The molecule has 34 heavy (non-hydrogen) atoms. The zero-order chi connectivity index (χ0) is 24.1. The highest BCUT2D eigenvalue weighted by Crippen LogP contribution is 2.39. The number of carbonyl (C=O) groups is 1. The number of aromatic nitrogens is 4. The summed E-state index contributed by atoms with van der Waals surface area (Å²) in [4.78, 5) is 13.6. The lowest BCUT2D eigenvalue weighted by atomic mass is 10.1. The lowest BCUT2D eigenvalue weighted by Gasteiger charge is -2.14. The van der Waals surface area contributed by atoms with Crippen molar-refractivity contribution in [1.29, 1.82) is 0 Å². The largest absolute Gasteiger partial charge is 0.493 e. The van der Waals surface area contributed by atoms with Gasteiger partial charge in [-0.2, -0.15) is 4.68 Å². The molecule has 9 nitrogen and oxygen atoms in total. The fourth-order valence-electron chi connectivity index (χ4n) is 3.15. The van der Waals surface area contributed by atoms with E-state index in [1.165, 1.54) is 33.1 Å². The SMILES string of the molecule is COc1cc(C(=O)Nc2ccc(Sc3nnnn3-c3ccccc3)c(Cl)c2)cc(OC)c1OC. The Bertz CT molecular complexity index is 1290. The van der Waals surface area contributed by atoms with Gasteiger partial charge in [0.15, 0.2) is 11.5 Å². The topological polar surface area (TPSA) is 100 Å². The number of carbonyl (C=O) groups excluding carboxylic acids is 1. The van der Waals surface area contributed by atoms with Crippen molar-refractivity contribution in [3.05, 3.63) is 71.2 Å². The molecule has 0 bridgehead atoms. The van der Waals surface area contributed by atoms with Crippen molar-refractivity contribution in [2.24, 2.45) is 0 Å². The Hall–Kier alpha value is -3.76. The number of tetrazole rings is 1. The standard InChI is InChI=1S/C23H20ClN5O4S/c1-31-18-11-14(12-19(32-2)21(18)33-3)22(30)25-15-9-10-20(17(24)13-15)34-23-26-27-28-29(23)16-7-5-4-6-8-16/h4-13H,1-3H3,(H,25,30). The van der Waals surface area contributed by atoms with E-state index < -0.39 is 0 Å². The van der Waals surface area contributed by atoms with Gasteiger partial charge in [0.05, 0.1) is 32.0 Å². The first kappa shape index (κ1) is 23.4. The van der Waals surface area contributed by atoms with Crippen LogP contribution < -0.4 is 19.5 Å². The first-order valence-corrected chi connectivity index (χ1v) is 11.2. The van der Waals surface area contributed by atoms with E-state index in [1.54, 1.807) is 35.0 Å². The number of rotatable bonds is 8. The number of methoxy groups -OCH3 is 3. The molecule has 0 saturated heterocycles. The number of nitrogens with one attached hydrogen (secondary N) is 1. The van der Waals surface area contributed by atoms with Crippen LogP contribution in [0.25, 0.3) is 5.69 Å². The summed E-state index contributed by atoms with van der Waals surface area (Å²) < 4.78 is 17.6. The van der Waals surface area contributed by atoms with E-state index in [4.69, 9.17) is 25.8 Å². The maximum Gasteiger partial charge on any atom is 0.255 e. The molecule has 1 N–H and O–H groups in total. The minimum absolute atomic E-state index is 0.339. The summed E-state index contributed by atoms with van der Waals surface area (Å²) >= 11 is 7.82. The number of hydrogen-bond donors (Lipinski definition) is 1. The summed E-state index contributed by atoms with van der Waals surface area (Å²) in [5.74, 6) is 0.813. The highest BCUT2D eigenvalue weighted by Gasteiger charge is 2.18. The third kappa shape index (κ3) is 4.92. The number of ether oxygens (including phenoxy) is 3. The van der Waals surface area contributed by atoms with Gasteiger partial charge in [-0.3, -0.25) is 4.79 Å². The molecule has 0 aliphatic rings. The van der Waals surface area contributed by atoms with Gasteiger partial charge in [0, 0.05) is 16.1 Å². The van der Waals surface area contributed by atoms with Crippen LogP contribution in [0.1, 0.15) is 10.4 Å². The quantitative estimate of drug-likeness (QED) is 0.372. The normalized spacial score (nSPS) is 10.6. The van der Waals surface area contributed by atoms with Crippen molar-refractivity contribution in [3.8, 4) is 22.9 Å². The summed E-state index contributed by atoms with van der Waals surface area (Å²) in [6, 6.07) is 17.9. The van der Waals surface area contributed by atoms with Crippen LogP contribution in [0.4, 0.5) is 5.69 Å². The van der Waals surface area contributed by atoms with Crippen LogP contribution in [0.5, 0.6) is 17.2 Å². The highest BCUT2D eigenvalue weighted by atomic mass is 35.5. The summed E-state index contributed by atoms with van der Waals surface area (Å²) in [5, 5.41) is 15.7. The van der Waals surface area contributed by atoms with Crippen LogP contribution in [-0.4, -0.2) is 47.4 Å². The predicted molar refractivity (Wildman–Crippen MR) is 129 cm³/mol. The van der Waals surface area contributed by atoms with Gasteiger partial charge >= 0.3 is 0 Å². The van der Waals surface area contributed by atoms with Crippen molar-refractivity contribution < 1.29 is 19.0 Å². The monoisotopic (exact) mass is 497 g/mol. The maximum absolute atomic E-state index is 12.9. The molecule has 0 fully saturated rings. The van der Waals surface area contributed by atoms with Crippen LogP contribution in [0.15, 0.2) is 70.7 Å². The molecule has 0 unspecified atom stereocenters. The van der Waals surface area contributed by atoms with E-state index in [1.807, 2.05) is 30.3 Å². The van der Waals surface area contributed by atoms with E-state index in [2.05, 4.69) is 20.8 Å². The van der Waals surface area contributed by atoms with Gasteiger partial charge in [0.2, 0.25) is 10.9 Å². The van der Waals surface area contributed by atoms with Gasteiger partial charge in [-0.15, -0.1) is 5.10 Å². The Morgan fingerprint density at radius 2 is 1.68 bits per heavy atom. The zero-order valence-corrected chi connectivity index (χ0v) is 20.1. The van der Waals surface area contributed by atoms with Crippen molar-refractivity contribution >= 4 is 35.0 Å². The Labute approximate surface area is 205 Å². The molecule has 0 saturated carbocycles.